The van der Waals surface area contributed by atoms with E-state index in [1.807, 2.05) is 0 Å². The number of carboxylic acid groups (broad SMARTS) is 1. The first-order valence-corrected chi connectivity index (χ1v) is 5.26. The summed E-state index contributed by atoms with van der Waals surface area (Å²) in [5.74, 6) is -3.40. The summed E-state index contributed by atoms with van der Waals surface area (Å²) in [6.07, 6.45) is 0. The maximum atomic E-state index is 13.4. The van der Waals surface area contributed by atoms with Crippen molar-refractivity contribution in [3.05, 3.63) is 35.5 Å². The van der Waals surface area contributed by atoms with Crippen LogP contribution in [0, 0.1) is 11.6 Å². The fourth-order valence-electron chi connectivity index (χ4n) is 1.27. The Morgan fingerprint density at radius 3 is 2.71 bits per heavy atom. The van der Waals surface area contributed by atoms with Crippen LogP contribution in [0.4, 0.5) is 13.8 Å². The molecule has 0 unspecified atom stereocenters. The molecule has 0 bridgehead atoms. The summed E-state index contributed by atoms with van der Waals surface area (Å²) in [6, 6.07) is 3.59. The average molecular weight is 256 g/mol. The van der Waals surface area contributed by atoms with Gasteiger partial charge in [-0.1, -0.05) is 17.4 Å². The minimum absolute atomic E-state index is 0.0388. The van der Waals surface area contributed by atoms with Gasteiger partial charge in [0.15, 0.2) is 17.3 Å². The third-order valence-electron chi connectivity index (χ3n) is 2.04. The van der Waals surface area contributed by atoms with Gasteiger partial charge in [-0.25, -0.2) is 18.6 Å². The Morgan fingerprint density at radius 2 is 2.12 bits per heavy atom. The van der Waals surface area contributed by atoms with Gasteiger partial charge >= 0.3 is 5.97 Å². The number of hydrogen-bond donors (Lipinski definition) is 2. The molecule has 0 spiro atoms. The quantitative estimate of drug-likeness (QED) is 0.864. The lowest BCUT2D eigenvalue weighted by atomic mass is 10.2. The van der Waals surface area contributed by atoms with Gasteiger partial charge in [-0.05, 0) is 12.1 Å². The predicted molar refractivity (Wildman–Crippen MR) is 58.8 cm³/mol. The van der Waals surface area contributed by atoms with Gasteiger partial charge in [-0.15, -0.1) is 0 Å². The first-order valence-electron chi connectivity index (χ1n) is 4.44. The maximum Gasteiger partial charge on any atom is 0.357 e. The lowest BCUT2D eigenvalue weighted by Crippen LogP contribution is -2.00. The van der Waals surface area contributed by atoms with Crippen molar-refractivity contribution < 1.29 is 18.7 Å². The van der Waals surface area contributed by atoms with E-state index >= 15 is 0 Å². The molecule has 1 heterocycles. The smallest absolute Gasteiger partial charge is 0.357 e. The van der Waals surface area contributed by atoms with Gasteiger partial charge < -0.3 is 10.8 Å². The fourth-order valence-corrected chi connectivity index (χ4v) is 2.11. The van der Waals surface area contributed by atoms with Crippen LogP contribution in [-0.4, -0.2) is 16.1 Å². The van der Waals surface area contributed by atoms with Crippen LogP contribution in [0.15, 0.2) is 18.2 Å². The highest BCUT2D eigenvalue weighted by Gasteiger charge is 2.19. The number of aromatic nitrogens is 1. The molecule has 4 nitrogen and oxygen atoms in total. The van der Waals surface area contributed by atoms with Gasteiger partial charge in [0.25, 0.3) is 0 Å². The van der Waals surface area contributed by atoms with Crippen molar-refractivity contribution in [2.75, 3.05) is 5.73 Å². The molecule has 7 heteroatoms. The Labute approximate surface area is 98.3 Å². The zero-order chi connectivity index (χ0) is 12.6. The van der Waals surface area contributed by atoms with Crippen LogP contribution in [0.5, 0.6) is 0 Å². The van der Waals surface area contributed by atoms with Crippen molar-refractivity contribution in [2.24, 2.45) is 0 Å². The molecule has 2 aromatic rings. The molecule has 0 aliphatic carbocycles. The summed E-state index contributed by atoms with van der Waals surface area (Å²) < 4.78 is 26.4. The number of nitrogens with two attached hydrogens (primary N) is 1. The van der Waals surface area contributed by atoms with Crippen LogP contribution in [0.25, 0.3) is 10.6 Å². The second kappa shape index (κ2) is 4.10. The molecule has 0 saturated carbocycles. The third kappa shape index (κ3) is 1.96. The minimum atomic E-state index is -1.30. The number of rotatable bonds is 2. The first-order chi connectivity index (χ1) is 8.00. The summed E-state index contributed by atoms with van der Waals surface area (Å²) in [4.78, 5) is 14.4. The fraction of sp³-hybridized carbons (Fsp3) is 0. The van der Waals surface area contributed by atoms with E-state index in [9.17, 15) is 13.6 Å². The molecular formula is C10H6F2N2O2S. The number of carbonyl (C=O) groups is 1. The number of carboxylic acids is 1. The Morgan fingerprint density at radius 1 is 1.41 bits per heavy atom. The molecule has 1 aromatic heterocycles. The third-order valence-corrected chi connectivity index (χ3v) is 2.96. The van der Waals surface area contributed by atoms with Crippen molar-refractivity contribution in [2.45, 2.75) is 0 Å². The van der Waals surface area contributed by atoms with Gasteiger partial charge in [0, 0.05) is 5.56 Å². The van der Waals surface area contributed by atoms with Crippen LogP contribution >= 0.6 is 11.3 Å². The van der Waals surface area contributed by atoms with Crippen LogP contribution in [0.1, 0.15) is 10.5 Å². The Balaban J connectivity index is 2.58. The van der Waals surface area contributed by atoms with E-state index in [4.69, 9.17) is 10.8 Å². The van der Waals surface area contributed by atoms with E-state index in [1.54, 1.807) is 0 Å². The van der Waals surface area contributed by atoms with E-state index in [0.717, 1.165) is 17.4 Å². The second-order valence-corrected chi connectivity index (χ2v) is 4.17. The molecule has 0 aliphatic heterocycles. The standard InChI is InChI=1S/C10H6F2N2O2S/c11-5-3-1-2-4(6(5)12)9-14-7(10(15)16)8(13)17-9/h1-3H,13H2,(H,15,16). The number of aromatic carboxylic acids is 1. The van der Waals surface area contributed by atoms with Crippen molar-refractivity contribution in [1.29, 1.82) is 0 Å². The van der Waals surface area contributed by atoms with Gasteiger partial charge in [-0.3, -0.25) is 0 Å². The summed E-state index contributed by atoms with van der Waals surface area (Å²) >= 11 is 0.798. The second-order valence-electron chi connectivity index (χ2n) is 3.14. The monoisotopic (exact) mass is 256 g/mol. The van der Waals surface area contributed by atoms with Crippen LogP contribution < -0.4 is 5.73 Å². The van der Waals surface area contributed by atoms with E-state index in [2.05, 4.69) is 4.98 Å². The molecule has 0 radical (unpaired) electrons. The van der Waals surface area contributed by atoms with Crippen molar-refractivity contribution in [1.82, 2.24) is 4.98 Å². The predicted octanol–water partition coefficient (Wildman–Crippen LogP) is 2.37. The lowest BCUT2D eigenvalue weighted by molar-refractivity contribution is 0.0692. The molecule has 0 atom stereocenters. The topological polar surface area (TPSA) is 76.2 Å². The SMILES string of the molecule is Nc1sc(-c2cccc(F)c2F)nc1C(=O)O. The first kappa shape index (κ1) is 11.5. The van der Waals surface area contributed by atoms with Crippen LogP contribution in [0.3, 0.4) is 0 Å². The van der Waals surface area contributed by atoms with Crippen LogP contribution in [-0.2, 0) is 0 Å². The molecule has 3 N–H and O–H groups in total. The number of benzene rings is 1. The van der Waals surface area contributed by atoms with E-state index < -0.39 is 17.6 Å². The molecule has 88 valence electrons. The van der Waals surface area contributed by atoms with Crippen molar-refractivity contribution in [3.63, 3.8) is 0 Å². The molecule has 0 fully saturated rings. The van der Waals surface area contributed by atoms with E-state index in [-0.39, 0.29) is 21.3 Å². The number of halogens is 2. The highest BCUT2D eigenvalue weighted by atomic mass is 32.1. The normalized spacial score (nSPS) is 10.5. The molecule has 17 heavy (non-hydrogen) atoms. The van der Waals surface area contributed by atoms with Crippen LogP contribution in [0.2, 0.25) is 0 Å². The zero-order valence-electron chi connectivity index (χ0n) is 8.28. The number of anilines is 1. The summed E-state index contributed by atoms with van der Waals surface area (Å²) in [7, 11) is 0. The zero-order valence-corrected chi connectivity index (χ0v) is 9.09. The average Bonchev–Trinajstić information content (AvgIpc) is 2.64. The molecule has 0 saturated heterocycles. The number of hydrogen-bond acceptors (Lipinski definition) is 4. The highest BCUT2D eigenvalue weighted by Crippen LogP contribution is 2.32. The number of nitrogen functional groups attached to an aromatic ring is 1. The van der Waals surface area contributed by atoms with E-state index in [1.165, 1.54) is 12.1 Å². The largest absolute Gasteiger partial charge is 0.476 e. The number of nitrogens with zero attached hydrogens (tertiary/aromatic N) is 1. The van der Waals surface area contributed by atoms with Gasteiger partial charge in [0.05, 0.1) is 0 Å². The maximum absolute atomic E-state index is 13.4. The molecular weight excluding hydrogens is 250 g/mol. The molecule has 1 aromatic carbocycles. The summed E-state index contributed by atoms with van der Waals surface area (Å²) in [5.41, 5.74) is 4.97. The van der Waals surface area contributed by atoms with Crippen molar-refractivity contribution in [3.8, 4) is 10.6 Å². The lowest BCUT2D eigenvalue weighted by Gasteiger charge is -1.98. The molecule has 0 amide bonds. The minimum Gasteiger partial charge on any atom is -0.476 e. The van der Waals surface area contributed by atoms with Crippen molar-refractivity contribution >= 4 is 22.3 Å². The Hall–Kier alpha value is -2.02. The molecule has 0 aliphatic rings. The molecule has 2 rings (SSSR count). The summed E-state index contributed by atoms with van der Waals surface area (Å²) in [6.45, 7) is 0. The highest BCUT2D eigenvalue weighted by molar-refractivity contribution is 7.19. The van der Waals surface area contributed by atoms with Gasteiger partial charge in [-0.2, -0.15) is 0 Å². The van der Waals surface area contributed by atoms with E-state index in [0.29, 0.717) is 0 Å². The number of thiazole rings is 1. The Bertz CT molecular complexity index is 598. The van der Waals surface area contributed by atoms with Gasteiger partial charge in [0.1, 0.15) is 10.0 Å². The summed E-state index contributed by atoms with van der Waals surface area (Å²) in [5, 5.41) is 8.74. The van der Waals surface area contributed by atoms with Gasteiger partial charge in [0.2, 0.25) is 0 Å². The Kier molecular flexibility index (Phi) is 2.76.